The Labute approximate surface area is 194 Å². The highest BCUT2D eigenvalue weighted by atomic mass is 16.5. The molecule has 3 aromatic rings. The Hall–Kier alpha value is -2.97. The quantitative estimate of drug-likeness (QED) is 0.624. The summed E-state index contributed by atoms with van der Waals surface area (Å²) >= 11 is 0. The molecule has 8 nitrogen and oxygen atoms in total. The molecule has 2 aliphatic rings. The van der Waals surface area contributed by atoms with E-state index in [2.05, 4.69) is 50.2 Å². The summed E-state index contributed by atoms with van der Waals surface area (Å²) in [5.41, 5.74) is 4.44. The zero-order valence-corrected chi connectivity index (χ0v) is 19.4. The van der Waals surface area contributed by atoms with E-state index >= 15 is 0 Å². The number of hydrogen-bond acceptors (Lipinski definition) is 6. The number of aromatic nitrogens is 3. The number of ether oxygens (including phenoxy) is 1. The molecule has 2 N–H and O–H groups in total. The number of carbonyl (C=O) groups excluding carboxylic acids is 1. The van der Waals surface area contributed by atoms with E-state index in [1.807, 2.05) is 30.6 Å². The monoisotopic (exact) mass is 448 g/mol. The van der Waals surface area contributed by atoms with Gasteiger partial charge in [0.2, 0.25) is 0 Å². The number of nitrogens with zero attached hydrogens (tertiary/aromatic N) is 4. The standard InChI is InChI=1S/C25H32N6O2/c1-17(2)30-7-5-20(6-8-30)27-25(32)24-22-14-18(3-4-23(22)28-29-24)19-13-21(16-26-15-19)31-9-11-33-12-10-31/h3-4,13-17,20H,5-12H2,1-2H3,(H,27,32)(H,28,29). The maximum Gasteiger partial charge on any atom is 0.272 e. The fourth-order valence-electron chi connectivity index (χ4n) is 4.76. The average Bonchev–Trinajstić information content (AvgIpc) is 3.28. The summed E-state index contributed by atoms with van der Waals surface area (Å²) in [5.74, 6) is -0.110. The number of rotatable bonds is 5. The van der Waals surface area contributed by atoms with Crippen LogP contribution in [-0.2, 0) is 4.74 Å². The number of fused-ring (bicyclic) bond motifs is 1. The molecule has 0 saturated carbocycles. The number of amides is 1. The number of nitrogens with one attached hydrogen (secondary N) is 2. The number of H-pyrrole nitrogens is 1. The van der Waals surface area contributed by atoms with E-state index in [0.717, 1.165) is 80.0 Å². The summed E-state index contributed by atoms with van der Waals surface area (Å²) in [6, 6.07) is 8.96. The van der Waals surface area contributed by atoms with E-state index in [0.29, 0.717) is 11.7 Å². The minimum Gasteiger partial charge on any atom is -0.378 e. The number of morpholine rings is 1. The minimum atomic E-state index is -0.110. The van der Waals surface area contributed by atoms with Crippen molar-refractivity contribution in [1.82, 2.24) is 25.4 Å². The van der Waals surface area contributed by atoms with Crippen molar-refractivity contribution in [2.24, 2.45) is 0 Å². The van der Waals surface area contributed by atoms with Crippen molar-refractivity contribution >= 4 is 22.5 Å². The lowest BCUT2D eigenvalue weighted by atomic mass is 10.0. The van der Waals surface area contributed by atoms with Crippen molar-refractivity contribution < 1.29 is 9.53 Å². The fourth-order valence-corrected chi connectivity index (χ4v) is 4.76. The van der Waals surface area contributed by atoms with Crippen LogP contribution < -0.4 is 10.2 Å². The zero-order valence-electron chi connectivity index (χ0n) is 19.4. The summed E-state index contributed by atoms with van der Waals surface area (Å²) in [7, 11) is 0. The third-order valence-corrected chi connectivity index (χ3v) is 6.81. The van der Waals surface area contributed by atoms with Crippen molar-refractivity contribution in [2.45, 2.75) is 38.8 Å². The number of anilines is 1. The molecule has 0 unspecified atom stereocenters. The SMILES string of the molecule is CC(C)N1CCC(NC(=O)c2n[nH]c3ccc(-c4cncc(N5CCOCC5)c4)cc23)CC1. The van der Waals surface area contributed by atoms with Gasteiger partial charge in [-0.2, -0.15) is 5.10 Å². The highest BCUT2D eigenvalue weighted by molar-refractivity contribution is 6.05. The van der Waals surface area contributed by atoms with Gasteiger partial charge in [-0.15, -0.1) is 0 Å². The predicted octanol–water partition coefficient (Wildman–Crippen LogP) is 3.06. The van der Waals surface area contributed by atoms with Gasteiger partial charge in [-0.1, -0.05) is 6.07 Å². The lowest BCUT2D eigenvalue weighted by molar-refractivity contribution is 0.0897. The number of pyridine rings is 1. The van der Waals surface area contributed by atoms with Crippen LogP contribution in [0.1, 0.15) is 37.2 Å². The van der Waals surface area contributed by atoms with Crippen LogP contribution in [0, 0.1) is 0 Å². The van der Waals surface area contributed by atoms with Gasteiger partial charge in [0, 0.05) is 55.4 Å². The second-order valence-electron chi connectivity index (χ2n) is 9.24. The van der Waals surface area contributed by atoms with Gasteiger partial charge in [0.1, 0.15) is 0 Å². The number of likely N-dealkylation sites (tertiary alicyclic amines) is 1. The van der Waals surface area contributed by atoms with Gasteiger partial charge in [-0.05, 0) is 50.5 Å². The Kier molecular flexibility index (Phi) is 6.28. The predicted molar refractivity (Wildman–Crippen MR) is 130 cm³/mol. The van der Waals surface area contributed by atoms with Gasteiger partial charge >= 0.3 is 0 Å². The second kappa shape index (κ2) is 9.49. The molecule has 5 rings (SSSR count). The molecule has 2 aliphatic heterocycles. The third kappa shape index (κ3) is 4.72. The molecular weight excluding hydrogens is 416 g/mol. The van der Waals surface area contributed by atoms with E-state index in [1.54, 1.807) is 0 Å². The maximum absolute atomic E-state index is 13.1. The highest BCUT2D eigenvalue weighted by Crippen LogP contribution is 2.28. The lowest BCUT2D eigenvalue weighted by Crippen LogP contribution is -2.46. The normalized spacial score (nSPS) is 18.2. The number of carbonyl (C=O) groups is 1. The second-order valence-corrected chi connectivity index (χ2v) is 9.24. The van der Waals surface area contributed by atoms with Crippen LogP contribution in [0.3, 0.4) is 0 Å². The maximum atomic E-state index is 13.1. The first-order chi connectivity index (χ1) is 16.1. The Morgan fingerprint density at radius 1 is 1.09 bits per heavy atom. The summed E-state index contributed by atoms with van der Waals surface area (Å²) < 4.78 is 5.47. The molecule has 1 amide bonds. The first-order valence-electron chi connectivity index (χ1n) is 11.9. The minimum absolute atomic E-state index is 0.110. The summed E-state index contributed by atoms with van der Waals surface area (Å²) in [4.78, 5) is 22.3. The van der Waals surface area contributed by atoms with Gasteiger partial charge in [0.15, 0.2) is 5.69 Å². The van der Waals surface area contributed by atoms with Crippen LogP contribution in [0.25, 0.3) is 22.0 Å². The Morgan fingerprint density at radius 3 is 2.64 bits per heavy atom. The van der Waals surface area contributed by atoms with E-state index in [-0.39, 0.29) is 11.9 Å². The van der Waals surface area contributed by atoms with Gasteiger partial charge in [0.25, 0.3) is 5.91 Å². The van der Waals surface area contributed by atoms with Crippen molar-refractivity contribution in [2.75, 3.05) is 44.3 Å². The van der Waals surface area contributed by atoms with Crippen LogP contribution in [0.5, 0.6) is 0 Å². The van der Waals surface area contributed by atoms with E-state index in [1.165, 1.54) is 0 Å². The van der Waals surface area contributed by atoms with Gasteiger partial charge in [-0.25, -0.2) is 0 Å². The van der Waals surface area contributed by atoms with E-state index in [4.69, 9.17) is 4.74 Å². The molecule has 0 spiro atoms. The van der Waals surface area contributed by atoms with Crippen molar-refractivity contribution in [3.63, 3.8) is 0 Å². The van der Waals surface area contributed by atoms with E-state index < -0.39 is 0 Å². The van der Waals surface area contributed by atoms with Crippen LogP contribution >= 0.6 is 0 Å². The molecule has 2 aromatic heterocycles. The molecular formula is C25H32N6O2. The van der Waals surface area contributed by atoms with Crippen LogP contribution in [0.15, 0.2) is 36.7 Å². The Bertz CT molecular complexity index is 1110. The van der Waals surface area contributed by atoms with Crippen LogP contribution in [0.2, 0.25) is 0 Å². The lowest BCUT2D eigenvalue weighted by Gasteiger charge is -2.34. The Morgan fingerprint density at radius 2 is 1.88 bits per heavy atom. The molecule has 0 radical (unpaired) electrons. The molecule has 0 bridgehead atoms. The molecule has 1 aromatic carbocycles. The third-order valence-electron chi connectivity index (χ3n) is 6.81. The van der Waals surface area contributed by atoms with Gasteiger partial charge in [0.05, 0.1) is 30.6 Å². The summed E-state index contributed by atoms with van der Waals surface area (Å²) in [5, 5.41) is 11.4. The smallest absolute Gasteiger partial charge is 0.272 e. The average molecular weight is 449 g/mol. The summed E-state index contributed by atoms with van der Waals surface area (Å²) in [6.45, 7) is 9.68. The molecule has 2 saturated heterocycles. The first kappa shape index (κ1) is 21.9. The van der Waals surface area contributed by atoms with Gasteiger partial charge < -0.3 is 19.9 Å². The van der Waals surface area contributed by atoms with Crippen molar-refractivity contribution in [3.8, 4) is 11.1 Å². The first-order valence-corrected chi connectivity index (χ1v) is 11.9. The van der Waals surface area contributed by atoms with Crippen LogP contribution in [-0.4, -0.2) is 77.5 Å². The molecule has 2 fully saturated rings. The fraction of sp³-hybridized carbons (Fsp3) is 0.480. The highest BCUT2D eigenvalue weighted by Gasteiger charge is 2.24. The molecule has 4 heterocycles. The zero-order chi connectivity index (χ0) is 22.8. The molecule has 0 atom stereocenters. The Balaban J connectivity index is 1.34. The molecule has 0 aliphatic carbocycles. The van der Waals surface area contributed by atoms with Gasteiger partial charge in [-0.3, -0.25) is 14.9 Å². The molecule has 174 valence electrons. The molecule has 33 heavy (non-hydrogen) atoms. The summed E-state index contributed by atoms with van der Waals surface area (Å²) in [6.07, 6.45) is 5.71. The topological polar surface area (TPSA) is 86.4 Å². The van der Waals surface area contributed by atoms with Crippen LogP contribution in [0.4, 0.5) is 5.69 Å². The number of hydrogen-bond donors (Lipinski definition) is 2. The van der Waals surface area contributed by atoms with Crippen molar-refractivity contribution in [3.05, 3.63) is 42.4 Å². The number of aromatic amines is 1. The number of piperidine rings is 1. The van der Waals surface area contributed by atoms with E-state index in [9.17, 15) is 4.79 Å². The molecule has 8 heteroatoms. The van der Waals surface area contributed by atoms with Crippen molar-refractivity contribution in [1.29, 1.82) is 0 Å². The number of benzene rings is 1. The largest absolute Gasteiger partial charge is 0.378 e.